The molecule has 0 aliphatic rings. The number of aromatic nitrogens is 3. The molecule has 5 rings (SSSR count). The Morgan fingerprint density at radius 2 is 1.72 bits per heavy atom. The van der Waals surface area contributed by atoms with Crippen molar-refractivity contribution in [3.05, 3.63) is 84.6 Å². The third-order valence-corrected chi connectivity index (χ3v) is 4.52. The summed E-state index contributed by atoms with van der Waals surface area (Å²) < 4.78 is 7.47. The molecule has 0 atom stereocenters. The number of benzene rings is 2. The summed E-state index contributed by atoms with van der Waals surface area (Å²) in [5, 5.41) is 7.92. The minimum atomic E-state index is -0.756. The van der Waals surface area contributed by atoms with Crippen LogP contribution in [0, 0.1) is 0 Å². The summed E-state index contributed by atoms with van der Waals surface area (Å²) in [6.45, 7) is 0. The molecule has 7 heteroatoms. The summed E-state index contributed by atoms with van der Waals surface area (Å²) in [5.41, 5.74) is 2.31. The molecule has 2 aromatic carbocycles. The van der Waals surface area contributed by atoms with Gasteiger partial charge in [-0.3, -0.25) is 9.59 Å². The molecule has 3 heterocycles. The van der Waals surface area contributed by atoms with E-state index in [1.54, 1.807) is 53.2 Å². The van der Waals surface area contributed by atoms with Gasteiger partial charge in [0.05, 0.1) is 6.20 Å². The first-order valence-electron chi connectivity index (χ1n) is 8.93. The number of carbonyl (C=O) groups excluding carboxylic acids is 2. The van der Waals surface area contributed by atoms with Crippen LogP contribution in [-0.2, 0) is 4.79 Å². The maximum Gasteiger partial charge on any atom is 0.297 e. The first-order valence-corrected chi connectivity index (χ1v) is 8.93. The summed E-state index contributed by atoms with van der Waals surface area (Å²) in [6, 6.07) is 21.3. The Hall–Kier alpha value is -4.26. The monoisotopic (exact) mass is 382 g/mol. The number of ketones is 1. The molecular weight excluding hydrogens is 368 g/mol. The predicted molar refractivity (Wildman–Crippen MR) is 108 cm³/mol. The molecule has 29 heavy (non-hydrogen) atoms. The molecule has 7 nitrogen and oxygen atoms in total. The standard InChI is InChI=1S/C22H14N4O3/c27-21(14-6-2-1-3-7-14)22(28)24-19-10-11-20-23-13-16(26(20)25-19)18-12-15-8-4-5-9-17(15)29-18/h1-13H,(H,24,25,28). The smallest absolute Gasteiger partial charge is 0.297 e. The minimum Gasteiger partial charge on any atom is -0.454 e. The Morgan fingerprint density at radius 1 is 0.931 bits per heavy atom. The van der Waals surface area contributed by atoms with Crippen molar-refractivity contribution in [2.24, 2.45) is 0 Å². The molecule has 1 amide bonds. The van der Waals surface area contributed by atoms with Gasteiger partial charge >= 0.3 is 0 Å². The van der Waals surface area contributed by atoms with Gasteiger partial charge in [-0.1, -0.05) is 48.5 Å². The van der Waals surface area contributed by atoms with Crippen LogP contribution in [0.2, 0.25) is 0 Å². The van der Waals surface area contributed by atoms with Gasteiger partial charge in [0.15, 0.2) is 17.2 Å². The highest BCUT2D eigenvalue weighted by Crippen LogP contribution is 2.28. The molecule has 0 unspecified atom stereocenters. The zero-order valence-electron chi connectivity index (χ0n) is 15.1. The number of furan rings is 1. The van der Waals surface area contributed by atoms with Crippen molar-refractivity contribution in [3.8, 4) is 11.5 Å². The molecule has 140 valence electrons. The summed E-state index contributed by atoms with van der Waals surface area (Å²) >= 11 is 0. The molecular formula is C22H14N4O3. The number of hydrogen-bond acceptors (Lipinski definition) is 5. The molecule has 0 aliphatic carbocycles. The SMILES string of the molecule is O=C(Nc1ccc2ncc(-c3cc4ccccc4o3)n2n1)C(=O)c1ccccc1. The fourth-order valence-electron chi connectivity index (χ4n) is 3.11. The van der Waals surface area contributed by atoms with Gasteiger partial charge < -0.3 is 9.73 Å². The summed E-state index contributed by atoms with van der Waals surface area (Å²) in [4.78, 5) is 28.9. The van der Waals surface area contributed by atoms with Gasteiger partial charge in [0, 0.05) is 10.9 Å². The lowest BCUT2D eigenvalue weighted by Gasteiger charge is -2.05. The summed E-state index contributed by atoms with van der Waals surface area (Å²) in [5.74, 6) is -0.540. The van der Waals surface area contributed by atoms with Gasteiger partial charge in [0.1, 0.15) is 11.3 Å². The van der Waals surface area contributed by atoms with Gasteiger partial charge in [0.25, 0.3) is 11.7 Å². The third kappa shape index (κ3) is 3.04. The average molecular weight is 382 g/mol. The molecule has 0 saturated heterocycles. The van der Waals surface area contributed by atoms with Crippen LogP contribution in [0.25, 0.3) is 28.1 Å². The van der Waals surface area contributed by atoms with E-state index in [-0.39, 0.29) is 5.82 Å². The predicted octanol–water partition coefficient (Wildman–Crippen LogP) is 3.96. The minimum absolute atomic E-state index is 0.238. The second-order valence-corrected chi connectivity index (χ2v) is 6.43. The summed E-state index contributed by atoms with van der Waals surface area (Å²) in [6.07, 6.45) is 1.65. The molecule has 0 radical (unpaired) electrons. The molecule has 0 fully saturated rings. The maximum absolute atomic E-state index is 12.3. The highest BCUT2D eigenvalue weighted by molar-refractivity contribution is 6.46. The number of amides is 1. The van der Waals surface area contributed by atoms with Gasteiger partial charge in [-0.05, 0) is 24.3 Å². The van der Waals surface area contributed by atoms with E-state index in [4.69, 9.17) is 4.42 Å². The Kier molecular flexibility index (Phi) is 3.91. The number of nitrogens with zero attached hydrogens (tertiary/aromatic N) is 3. The van der Waals surface area contributed by atoms with Crippen molar-refractivity contribution in [3.63, 3.8) is 0 Å². The molecule has 0 spiro atoms. The fraction of sp³-hybridized carbons (Fsp3) is 0. The van der Waals surface area contributed by atoms with E-state index in [1.807, 2.05) is 30.3 Å². The van der Waals surface area contributed by atoms with Gasteiger partial charge in [-0.15, -0.1) is 5.10 Å². The first kappa shape index (κ1) is 16.9. The van der Waals surface area contributed by atoms with Crippen LogP contribution in [0.4, 0.5) is 5.82 Å². The van der Waals surface area contributed by atoms with Crippen LogP contribution in [0.1, 0.15) is 10.4 Å². The first-order chi connectivity index (χ1) is 14.2. The number of imidazole rings is 1. The topological polar surface area (TPSA) is 89.5 Å². The van der Waals surface area contributed by atoms with Gasteiger partial charge in [0.2, 0.25) is 0 Å². The van der Waals surface area contributed by atoms with E-state index in [0.717, 1.165) is 11.0 Å². The molecule has 0 aliphatic heterocycles. The van der Waals surface area contributed by atoms with E-state index in [9.17, 15) is 9.59 Å². The Balaban J connectivity index is 1.48. The van der Waals surface area contributed by atoms with Crippen molar-refractivity contribution < 1.29 is 14.0 Å². The number of anilines is 1. The van der Waals surface area contributed by atoms with E-state index < -0.39 is 11.7 Å². The lowest BCUT2D eigenvalue weighted by atomic mass is 10.1. The maximum atomic E-state index is 12.3. The zero-order chi connectivity index (χ0) is 19.8. The lowest BCUT2D eigenvalue weighted by molar-refractivity contribution is -0.112. The quantitative estimate of drug-likeness (QED) is 0.375. The zero-order valence-corrected chi connectivity index (χ0v) is 15.1. The average Bonchev–Trinajstić information content (AvgIpc) is 3.37. The number of hydrogen-bond donors (Lipinski definition) is 1. The lowest BCUT2D eigenvalue weighted by Crippen LogP contribution is -2.23. The largest absolute Gasteiger partial charge is 0.454 e. The molecule has 1 N–H and O–H groups in total. The second-order valence-electron chi connectivity index (χ2n) is 6.43. The van der Waals surface area contributed by atoms with Crippen molar-refractivity contribution >= 4 is 34.1 Å². The molecule has 0 bridgehead atoms. The van der Waals surface area contributed by atoms with Crippen LogP contribution in [0.3, 0.4) is 0 Å². The number of rotatable bonds is 4. The van der Waals surface area contributed by atoms with E-state index in [0.29, 0.717) is 22.7 Å². The van der Waals surface area contributed by atoms with Crippen LogP contribution < -0.4 is 5.32 Å². The highest BCUT2D eigenvalue weighted by Gasteiger charge is 2.18. The number of fused-ring (bicyclic) bond motifs is 2. The number of nitrogens with one attached hydrogen (secondary N) is 1. The Bertz CT molecular complexity index is 1340. The Morgan fingerprint density at radius 3 is 2.55 bits per heavy atom. The van der Waals surface area contributed by atoms with Gasteiger partial charge in [-0.25, -0.2) is 9.50 Å². The number of Topliss-reactive ketones (excluding diaryl/α,β-unsaturated/α-hetero) is 1. The van der Waals surface area contributed by atoms with Crippen LogP contribution in [0.15, 0.2) is 83.4 Å². The van der Waals surface area contributed by atoms with Crippen molar-refractivity contribution in [2.45, 2.75) is 0 Å². The highest BCUT2D eigenvalue weighted by atomic mass is 16.3. The second kappa shape index (κ2) is 6.72. The van der Waals surface area contributed by atoms with Crippen LogP contribution >= 0.6 is 0 Å². The van der Waals surface area contributed by atoms with Gasteiger partial charge in [-0.2, -0.15) is 0 Å². The molecule has 0 saturated carbocycles. The van der Waals surface area contributed by atoms with Crippen molar-refractivity contribution in [1.82, 2.24) is 14.6 Å². The van der Waals surface area contributed by atoms with E-state index >= 15 is 0 Å². The van der Waals surface area contributed by atoms with Crippen molar-refractivity contribution in [2.75, 3.05) is 5.32 Å². The fourth-order valence-corrected chi connectivity index (χ4v) is 3.11. The van der Waals surface area contributed by atoms with Crippen LogP contribution in [-0.4, -0.2) is 26.3 Å². The normalized spacial score (nSPS) is 11.0. The number of para-hydroxylation sites is 1. The molecule has 5 aromatic rings. The number of carbonyl (C=O) groups is 2. The van der Waals surface area contributed by atoms with E-state index in [1.165, 1.54) is 0 Å². The van der Waals surface area contributed by atoms with Crippen molar-refractivity contribution in [1.29, 1.82) is 0 Å². The van der Waals surface area contributed by atoms with Crippen LogP contribution in [0.5, 0.6) is 0 Å². The third-order valence-electron chi connectivity index (χ3n) is 4.52. The Labute approximate surface area is 164 Å². The summed E-state index contributed by atoms with van der Waals surface area (Å²) in [7, 11) is 0. The molecule has 3 aromatic heterocycles. The van der Waals surface area contributed by atoms with E-state index in [2.05, 4.69) is 15.4 Å².